The number of nitrogens with zero attached hydrogens (tertiary/aromatic N) is 2. The first kappa shape index (κ1) is 14.1. The molecule has 0 spiro atoms. The zero-order valence-electron chi connectivity index (χ0n) is 12.0. The van der Waals surface area contributed by atoms with Crippen molar-refractivity contribution >= 4 is 5.95 Å². The van der Waals surface area contributed by atoms with E-state index in [2.05, 4.69) is 55.7 Å². The molecule has 1 rings (SSSR count). The van der Waals surface area contributed by atoms with Gasteiger partial charge in [-0.2, -0.15) is 0 Å². The van der Waals surface area contributed by atoms with Crippen molar-refractivity contribution in [2.45, 2.75) is 66.5 Å². The minimum atomic E-state index is 0.502. The van der Waals surface area contributed by atoms with E-state index in [4.69, 9.17) is 0 Å². The number of hydrogen-bond donors (Lipinski definition) is 1. The lowest BCUT2D eigenvalue weighted by Gasteiger charge is -2.16. The van der Waals surface area contributed by atoms with E-state index < -0.39 is 0 Å². The van der Waals surface area contributed by atoms with Crippen molar-refractivity contribution in [3.8, 4) is 0 Å². The molecule has 1 aromatic rings. The van der Waals surface area contributed by atoms with Crippen LogP contribution in [0.25, 0.3) is 0 Å². The average Bonchev–Trinajstić information content (AvgIpc) is 2.55. The summed E-state index contributed by atoms with van der Waals surface area (Å²) in [5.74, 6) is 1.68. The van der Waals surface area contributed by atoms with Gasteiger partial charge in [0.1, 0.15) is 0 Å². The Labute approximate surface area is 106 Å². The number of imidazole rings is 1. The predicted octanol–water partition coefficient (Wildman–Crippen LogP) is 3.84. The van der Waals surface area contributed by atoms with Gasteiger partial charge in [0, 0.05) is 18.8 Å². The molecular formula is C14H27N3. The fourth-order valence-electron chi connectivity index (χ4n) is 2.00. The molecule has 1 aromatic heterocycles. The van der Waals surface area contributed by atoms with Gasteiger partial charge in [0.15, 0.2) is 0 Å². The summed E-state index contributed by atoms with van der Waals surface area (Å²) in [7, 11) is 0. The SMILES string of the molecule is CCCCC(C)Nc1nc(C)cn1CC(C)C. The molecule has 98 valence electrons. The Morgan fingerprint density at radius 2 is 2.06 bits per heavy atom. The largest absolute Gasteiger partial charge is 0.353 e. The molecule has 0 amide bonds. The van der Waals surface area contributed by atoms with Crippen molar-refractivity contribution in [1.29, 1.82) is 0 Å². The molecule has 1 atom stereocenters. The van der Waals surface area contributed by atoms with Gasteiger partial charge in [-0.1, -0.05) is 33.6 Å². The minimum absolute atomic E-state index is 0.502. The van der Waals surface area contributed by atoms with E-state index in [0.29, 0.717) is 12.0 Å². The second-order valence-corrected chi connectivity index (χ2v) is 5.44. The maximum atomic E-state index is 4.56. The molecular weight excluding hydrogens is 210 g/mol. The van der Waals surface area contributed by atoms with Crippen molar-refractivity contribution in [3.63, 3.8) is 0 Å². The van der Waals surface area contributed by atoms with Crippen molar-refractivity contribution in [3.05, 3.63) is 11.9 Å². The molecule has 0 saturated carbocycles. The number of aryl methyl sites for hydroxylation is 1. The highest BCUT2D eigenvalue weighted by Crippen LogP contribution is 2.14. The lowest BCUT2D eigenvalue weighted by Crippen LogP contribution is -2.19. The third-order valence-corrected chi connectivity index (χ3v) is 2.83. The van der Waals surface area contributed by atoms with Crippen LogP contribution in [0.4, 0.5) is 5.95 Å². The first-order chi connectivity index (χ1) is 8.02. The average molecular weight is 237 g/mol. The maximum absolute atomic E-state index is 4.56. The molecule has 0 bridgehead atoms. The number of hydrogen-bond acceptors (Lipinski definition) is 2. The maximum Gasteiger partial charge on any atom is 0.203 e. The topological polar surface area (TPSA) is 29.9 Å². The van der Waals surface area contributed by atoms with Crippen LogP contribution < -0.4 is 5.32 Å². The second kappa shape index (κ2) is 6.67. The first-order valence-corrected chi connectivity index (χ1v) is 6.83. The van der Waals surface area contributed by atoms with E-state index in [0.717, 1.165) is 18.2 Å². The van der Waals surface area contributed by atoms with Crippen LogP contribution in [0.3, 0.4) is 0 Å². The molecule has 3 nitrogen and oxygen atoms in total. The Morgan fingerprint density at radius 3 is 2.65 bits per heavy atom. The first-order valence-electron chi connectivity index (χ1n) is 6.83. The monoisotopic (exact) mass is 237 g/mol. The number of nitrogens with one attached hydrogen (secondary N) is 1. The van der Waals surface area contributed by atoms with Gasteiger partial charge in [-0.15, -0.1) is 0 Å². The summed E-state index contributed by atoms with van der Waals surface area (Å²) in [4.78, 5) is 4.56. The highest BCUT2D eigenvalue weighted by Gasteiger charge is 2.09. The fraction of sp³-hybridized carbons (Fsp3) is 0.786. The highest BCUT2D eigenvalue weighted by atomic mass is 15.2. The Kier molecular flexibility index (Phi) is 5.52. The van der Waals surface area contributed by atoms with Crippen LogP contribution in [0.2, 0.25) is 0 Å². The second-order valence-electron chi connectivity index (χ2n) is 5.44. The summed E-state index contributed by atoms with van der Waals surface area (Å²) >= 11 is 0. The Morgan fingerprint density at radius 1 is 1.35 bits per heavy atom. The smallest absolute Gasteiger partial charge is 0.203 e. The molecule has 3 heteroatoms. The Bertz CT molecular complexity index is 328. The number of aromatic nitrogens is 2. The van der Waals surface area contributed by atoms with E-state index in [1.54, 1.807) is 0 Å². The minimum Gasteiger partial charge on any atom is -0.353 e. The van der Waals surface area contributed by atoms with Crippen LogP contribution in [0.15, 0.2) is 6.20 Å². The molecule has 0 aliphatic carbocycles. The van der Waals surface area contributed by atoms with Crippen molar-refractivity contribution in [2.24, 2.45) is 5.92 Å². The van der Waals surface area contributed by atoms with Gasteiger partial charge in [-0.05, 0) is 26.2 Å². The van der Waals surface area contributed by atoms with Crippen LogP contribution in [0, 0.1) is 12.8 Å². The summed E-state index contributed by atoms with van der Waals surface area (Å²) in [5, 5.41) is 3.52. The van der Waals surface area contributed by atoms with Gasteiger partial charge < -0.3 is 9.88 Å². The van der Waals surface area contributed by atoms with Gasteiger partial charge in [0.2, 0.25) is 5.95 Å². The van der Waals surface area contributed by atoms with Gasteiger partial charge in [0.25, 0.3) is 0 Å². The molecule has 0 aromatic carbocycles. The van der Waals surface area contributed by atoms with Gasteiger partial charge >= 0.3 is 0 Å². The summed E-state index contributed by atoms with van der Waals surface area (Å²) in [6, 6.07) is 0.502. The molecule has 0 aliphatic rings. The third-order valence-electron chi connectivity index (χ3n) is 2.83. The molecule has 0 fully saturated rings. The summed E-state index contributed by atoms with van der Waals surface area (Å²) in [5.41, 5.74) is 1.09. The van der Waals surface area contributed by atoms with Gasteiger partial charge in [-0.3, -0.25) is 0 Å². The molecule has 1 unspecified atom stereocenters. The number of rotatable bonds is 7. The van der Waals surface area contributed by atoms with E-state index >= 15 is 0 Å². The number of anilines is 1. The van der Waals surface area contributed by atoms with Crippen LogP contribution >= 0.6 is 0 Å². The quantitative estimate of drug-likeness (QED) is 0.781. The third kappa shape index (κ3) is 4.80. The normalized spacial score (nSPS) is 13.1. The molecule has 1 heterocycles. The molecule has 0 saturated heterocycles. The van der Waals surface area contributed by atoms with E-state index in [9.17, 15) is 0 Å². The summed E-state index contributed by atoms with van der Waals surface area (Å²) in [6.07, 6.45) is 5.88. The molecule has 0 aliphatic heterocycles. The summed E-state index contributed by atoms with van der Waals surface area (Å²) in [6.45, 7) is 12.0. The van der Waals surface area contributed by atoms with Crippen LogP contribution in [0.1, 0.15) is 52.7 Å². The van der Waals surface area contributed by atoms with Gasteiger partial charge in [-0.25, -0.2) is 4.98 Å². The van der Waals surface area contributed by atoms with Crippen LogP contribution in [0.5, 0.6) is 0 Å². The van der Waals surface area contributed by atoms with E-state index in [1.807, 2.05) is 0 Å². The zero-order chi connectivity index (χ0) is 12.8. The van der Waals surface area contributed by atoms with E-state index in [-0.39, 0.29) is 0 Å². The van der Waals surface area contributed by atoms with Crippen molar-refractivity contribution in [1.82, 2.24) is 9.55 Å². The van der Waals surface area contributed by atoms with Gasteiger partial charge in [0.05, 0.1) is 5.69 Å². The lowest BCUT2D eigenvalue weighted by molar-refractivity contribution is 0.522. The van der Waals surface area contributed by atoms with Crippen LogP contribution in [-0.4, -0.2) is 15.6 Å². The van der Waals surface area contributed by atoms with Crippen molar-refractivity contribution in [2.75, 3.05) is 5.32 Å². The highest BCUT2D eigenvalue weighted by molar-refractivity contribution is 5.29. The fourth-order valence-corrected chi connectivity index (χ4v) is 2.00. The summed E-state index contributed by atoms with van der Waals surface area (Å²) < 4.78 is 2.24. The molecule has 17 heavy (non-hydrogen) atoms. The molecule has 1 N–H and O–H groups in total. The zero-order valence-corrected chi connectivity index (χ0v) is 12.0. The van der Waals surface area contributed by atoms with E-state index in [1.165, 1.54) is 19.3 Å². The Balaban J connectivity index is 2.62. The standard InChI is InChI=1S/C14H27N3/c1-6-7-8-12(4)15-14-16-13(5)10-17(14)9-11(2)3/h10-12H,6-9H2,1-5H3,(H,15,16). The van der Waals surface area contributed by atoms with Crippen molar-refractivity contribution < 1.29 is 0 Å². The lowest BCUT2D eigenvalue weighted by atomic mass is 10.1. The molecule has 0 radical (unpaired) electrons. The Hall–Kier alpha value is -0.990. The number of unbranched alkanes of at least 4 members (excludes halogenated alkanes) is 1. The van der Waals surface area contributed by atoms with Crippen LogP contribution in [-0.2, 0) is 6.54 Å². The predicted molar refractivity (Wildman–Crippen MR) is 74.4 cm³/mol.